The van der Waals surface area contributed by atoms with E-state index in [1.165, 1.54) is 11.0 Å². The average molecular weight is 321 g/mol. The summed E-state index contributed by atoms with van der Waals surface area (Å²) in [5, 5.41) is 14.2. The molecule has 2 heterocycles. The Morgan fingerprint density at radius 1 is 1.43 bits per heavy atom. The Morgan fingerprint density at radius 3 is 2.78 bits per heavy atom. The molecular formula is C14H19N5O4. The molecule has 0 amide bonds. The third-order valence-corrected chi connectivity index (χ3v) is 3.60. The van der Waals surface area contributed by atoms with Crippen molar-refractivity contribution < 1.29 is 14.5 Å². The molecule has 2 aromatic rings. The second-order valence-corrected chi connectivity index (χ2v) is 5.21. The highest BCUT2D eigenvalue weighted by Gasteiger charge is 2.19. The van der Waals surface area contributed by atoms with Crippen molar-refractivity contribution in [3.63, 3.8) is 0 Å². The monoisotopic (exact) mass is 321 g/mol. The second-order valence-electron chi connectivity index (χ2n) is 5.21. The van der Waals surface area contributed by atoms with Crippen LogP contribution in [-0.2, 0) is 17.8 Å². The number of carbonyl (C=O) groups excluding carboxylic acids is 1. The van der Waals surface area contributed by atoms with Gasteiger partial charge in [-0.25, -0.2) is 0 Å². The number of Topliss-reactive ketones (excluding diaryl/α,β-unsaturated/α-hetero) is 1. The van der Waals surface area contributed by atoms with Crippen molar-refractivity contribution in [3.8, 4) is 0 Å². The Bertz CT molecular complexity index is 719. The van der Waals surface area contributed by atoms with Gasteiger partial charge in [-0.15, -0.1) is 0 Å². The zero-order chi connectivity index (χ0) is 17.0. The van der Waals surface area contributed by atoms with E-state index in [0.29, 0.717) is 12.2 Å². The van der Waals surface area contributed by atoms with Crippen LogP contribution in [-0.4, -0.2) is 43.8 Å². The van der Waals surface area contributed by atoms with E-state index in [2.05, 4.69) is 14.6 Å². The molecule has 0 aliphatic rings. The topological polar surface area (TPSA) is 105 Å². The van der Waals surface area contributed by atoms with Crippen LogP contribution in [0, 0.1) is 24.0 Å². The normalized spacial score (nSPS) is 10.9. The Morgan fingerprint density at radius 2 is 2.17 bits per heavy atom. The third kappa shape index (κ3) is 3.81. The largest absolute Gasteiger partial charge is 0.490 e. The van der Waals surface area contributed by atoms with Crippen molar-refractivity contribution in [1.82, 2.24) is 19.3 Å². The minimum absolute atomic E-state index is 0.0802. The zero-order valence-corrected chi connectivity index (χ0v) is 13.4. The molecule has 23 heavy (non-hydrogen) atoms. The van der Waals surface area contributed by atoms with Crippen LogP contribution < -0.4 is 0 Å². The molecule has 0 saturated carbocycles. The van der Waals surface area contributed by atoms with Gasteiger partial charge in [-0.3, -0.25) is 4.79 Å². The lowest BCUT2D eigenvalue weighted by Gasteiger charge is -2.09. The van der Waals surface area contributed by atoms with Crippen LogP contribution in [0.25, 0.3) is 0 Å². The molecular weight excluding hydrogens is 302 g/mol. The Balaban J connectivity index is 2.12. The van der Waals surface area contributed by atoms with Gasteiger partial charge in [0, 0.05) is 42.3 Å². The summed E-state index contributed by atoms with van der Waals surface area (Å²) >= 11 is 0. The van der Waals surface area contributed by atoms with Crippen molar-refractivity contribution in [2.45, 2.75) is 33.4 Å². The minimum atomic E-state index is -0.692. The summed E-state index contributed by atoms with van der Waals surface area (Å²) < 4.78 is 8.29. The minimum Gasteiger partial charge on any atom is -0.390 e. The summed E-state index contributed by atoms with van der Waals surface area (Å²) in [5.74, 6) is -0.668. The smallest absolute Gasteiger partial charge is 0.390 e. The molecule has 0 bridgehead atoms. The third-order valence-electron chi connectivity index (χ3n) is 3.60. The van der Waals surface area contributed by atoms with Gasteiger partial charge < -0.3 is 19.4 Å². The Labute approximate surface area is 133 Å². The number of carbonyl (C=O) groups is 1. The van der Waals surface area contributed by atoms with E-state index in [0.717, 1.165) is 24.4 Å². The fourth-order valence-corrected chi connectivity index (χ4v) is 2.47. The molecule has 9 nitrogen and oxygen atoms in total. The summed E-state index contributed by atoms with van der Waals surface area (Å²) in [6, 6.07) is 1.83. The summed E-state index contributed by atoms with van der Waals surface area (Å²) in [7, 11) is 1.65. The number of nitro groups is 1. The highest BCUT2D eigenvalue weighted by Crippen LogP contribution is 2.17. The number of nitrogens with zero attached hydrogens (tertiary/aromatic N) is 5. The van der Waals surface area contributed by atoms with E-state index in [-0.39, 0.29) is 12.3 Å². The summed E-state index contributed by atoms with van der Waals surface area (Å²) in [6.45, 7) is 5.17. The zero-order valence-electron chi connectivity index (χ0n) is 13.4. The first-order valence-corrected chi connectivity index (χ1v) is 7.16. The number of ketones is 1. The molecule has 2 aromatic heterocycles. The maximum absolute atomic E-state index is 12.4. The Kier molecular flexibility index (Phi) is 5.22. The van der Waals surface area contributed by atoms with Crippen molar-refractivity contribution in [3.05, 3.63) is 39.5 Å². The van der Waals surface area contributed by atoms with E-state index in [4.69, 9.17) is 4.74 Å². The van der Waals surface area contributed by atoms with Crippen LogP contribution in [0.5, 0.6) is 0 Å². The molecule has 0 aliphatic heterocycles. The molecule has 0 unspecified atom stereocenters. The lowest BCUT2D eigenvalue weighted by atomic mass is 10.1. The van der Waals surface area contributed by atoms with Gasteiger partial charge in [0.2, 0.25) is 6.33 Å². The molecule has 0 N–H and O–H groups in total. The van der Waals surface area contributed by atoms with Crippen molar-refractivity contribution in [2.24, 2.45) is 0 Å². The first kappa shape index (κ1) is 16.8. The predicted molar refractivity (Wildman–Crippen MR) is 81.4 cm³/mol. The lowest BCUT2D eigenvalue weighted by molar-refractivity contribution is -0.394. The van der Waals surface area contributed by atoms with Gasteiger partial charge in [-0.05, 0) is 31.3 Å². The highest BCUT2D eigenvalue weighted by molar-refractivity contribution is 5.97. The quantitative estimate of drug-likeness (QED) is 0.316. The number of hydrogen-bond acceptors (Lipinski definition) is 6. The van der Waals surface area contributed by atoms with Crippen LogP contribution >= 0.6 is 0 Å². The SMILES string of the molecule is COCCCn1c(C)cc(C(=O)Cn2cnc([N+](=O)[O-])n2)c1C. The highest BCUT2D eigenvalue weighted by atomic mass is 16.6. The summed E-state index contributed by atoms with van der Waals surface area (Å²) in [4.78, 5) is 25.8. The van der Waals surface area contributed by atoms with Gasteiger partial charge >= 0.3 is 5.95 Å². The first-order chi connectivity index (χ1) is 10.9. The van der Waals surface area contributed by atoms with Crippen molar-refractivity contribution in [2.75, 3.05) is 13.7 Å². The molecule has 0 saturated heterocycles. The van der Waals surface area contributed by atoms with Crippen LogP contribution in [0.1, 0.15) is 28.2 Å². The molecule has 2 rings (SSSR count). The number of methoxy groups -OCH3 is 1. The number of hydrogen-bond donors (Lipinski definition) is 0. The number of aromatic nitrogens is 4. The fourth-order valence-electron chi connectivity index (χ4n) is 2.47. The maximum atomic E-state index is 12.4. The van der Waals surface area contributed by atoms with Gasteiger partial charge in [0.15, 0.2) is 5.78 Å². The molecule has 124 valence electrons. The van der Waals surface area contributed by atoms with Crippen LogP contribution in [0.15, 0.2) is 12.4 Å². The van der Waals surface area contributed by atoms with Crippen molar-refractivity contribution >= 4 is 11.7 Å². The number of ether oxygens (including phenoxy) is 1. The van der Waals surface area contributed by atoms with Gasteiger partial charge in [0.25, 0.3) is 0 Å². The van der Waals surface area contributed by atoms with E-state index in [1.54, 1.807) is 7.11 Å². The Hall–Kier alpha value is -2.55. The van der Waals surface area contributed by atoms with Gasteiger partial charge in [-0.2, -0.15) is 4.68 Å². The lowest BCUT2D eigenvalue weighted by Crippen LogP contribution is -2.13. The molecule has 0 aliphatic carbocycles. The number of rotatable bonds is 8. The predicted octanol–water partition coefficient (Wildman–Crippen LogP) is 1.52. The number of aryl methyl sites for hydroxylation is 1. The standard InChI is InChI=1S/C14H19N5O4/c1-10-7-12(11(2)18(10)5-4-6-23-3)13(20)8-17-9-15-14(16-17)19(21)22/h7,9H,4-6,8H2,1-3H3. The van der Waals surface area contributed by atoms with Gasteiger partial charge in [-0.1, -0.05) is 4.98 Å². The van der Waals surface area contributed by atoms with E-state index in [9.17, 15) is 14.9 Å². The van der Waals surface area contributed by atoms with Crippen LogP contribution in [0.4, 0.5) is 5.95 Å². The molecule has 0 atom stereocenters. The molecule has 0 aromatic carbocycles. The van der Waals surface area contributed by atoms with Gasteiger partial charge in [0.05, 0.1) is 0 Å². The first-order valence-electron chi connectivity index (χ1n) is 7.16. The van der Waals surface area contributed by atoms with E-state index in [1.807, 2.05) is 19.9 Å². The van der Waals surface area contributed by atoms with E-state index < -0.39 is 10.9 Å². The van der Waals surface area contributed by atoms with Gasteiger partial charge in [0.1, 0.15) is 6.54 Å². The van der Waals surface area contributed by atoms with Crippen molar-refractivity contribution in [1.29, 1.82) is 0 Å². The van der Waals surface area contributed by atoms with Crippen LogP contribution in [0.2, 0.25) is 0 Å². The molecule has 0 spiro atoms. The second kappa shape index (κ2) is 7.14. The molecule has 0 fully saturated rings. The fraction of sp³-hybridized carbons (Fsp3) is 0.500. The molecule has 0 radical (unpaired) electrons. The summed E-state index contributed by atoms with van der Waals surface area (Å²) in [6.07, 6.45) is 2.05. The summed E-state index contributed by atoms with van der Waals surface area (Å²) in [5.41, 5.74) is 2.46. The van der Waals surface area contributed by atoms with Crippen LogP contribution in [0.3, 0.4) is 0 Å². The van der Waals surface area contributed by atoms with E-state index >= 15 is 0 Å². The maximum Gasteiger partial charge on any atom is 0.490 e. The average Bonchev–Trinajstić information content (AvgIpc) is 3.06. The molecule has 9 heteroatoms.